The highest BCUT2D eigenvalue weighted by molar-refractivity contribution is 5.86. The highest BCUT2D eigenvalue weighted by Gasteiger charge is 2.44. The summed E-state index contributed by atoms with van der Waals surface area (Å²) in [5.74, 6) is 0.0262. The number of carbonyl (C=O) groups is 1. The molecule has 19 heavy (non-hydrogen) atoms. The molecule has 0 aromatic rings. The van der Waals surface area contributed by atoms with Crippen molar-refractivity contribution in [1.29, 1.82) is 5.26 Å². The number of hydrogen-bond donors (Lipinski definition) is 0. The van der Waals surface area contributed by atoms with Gasteiger partial charge in [0.05, 0.1) is 12.7 Å². The maximum atomic E-state index is 12.8. The van der Waals surface area contributed by atoms with E-state index < -0.39 is 5.41 Å². The summed E-state index contributed by atoms with van der Waals surface area (Å²) in [6.07, 6.45) is 5.25. The predicted octanol–water partition coefficient (Wildman–Crippen LogP) is 2.73. The van der Waals surface area contributed by atoms with Crippen molar-refractivity contribution < 1.29 is 9.53 Å². The fraction of sp³-hybridized carbons (Fsp3) is 0.867. The Morgan fingerprint density at radius 3 is 2.37 bits per heavy atom. The van der Waals surface area contributed by atoms with E-state index in [1.165, 1.54) is 0 Å². The van der Waals surface area contributed by atoms with Gasteiger partial charge >= 0.3 is 0 Å². The molecule has 1 aliphatic rings. The molecule has 4 nitrogen and oxygen atoms in total. The smallest absolute Gasteiger partial charge is 0.243 e. The number of hydrogen-bond acceptors (Lipinski definition) is 3. The number of nitriles is 1. The lowest BCUT2D eigenvalue weighted by molar-refractivity contribution is -0.142. The van der Waals surface area contributed by atoms with E-state index in [1.54, 1.807) is 7.11 Å². The van der Waals surface area contributed by atoms with E-state index in [0.717, 1.165) is 25.7 Å². The van der Waals surface area contributed by atoms with Gasteiger partial charge in [-0.15, -0.1) is 0 Å². The Balaban J connectivity index is 2.89. The van der Waals surface area contributed by atoms with Crippen LogP contribution in [0.5, 0.6) is 0 Å². The fourth-order valence-electron chi connectivity index (χ4n) is 3.00. The van der Waals surface area contributed by atoms with Gasteiger partial charge in [0.1, 0.15) is 5.41 Å². The molecule has 0 bridgehead atoms. The normalized spacial score (nSPS) is 17.4. The first kappa shape index (κ1) is 16.0. The highest BCUT2D eigenvalue weighted by atomic mass is 16.5. The molecule has 0 atom stereocenters. The molecule has 0 unspecified atom stereocenters. The molecule has 1 fully saturated rings. The highest BCUT2D eigenvalue weighted by Crippen LogP contribution is 2.39. The quantitative estimate of drug-likeness (QED) is 0.712. The Morgan fingerprint density at radius 1 is 1.37 bits per heavy atom. The van der Waals surface area contributed by atoms with Gasteiger partial charge in [0, 0.05) is 19.7 Å². The minimum Gasteiger partial charge on any atom is -0.383 e. The molecule has 108 valence electrons. The third-order valence-electron chi connectivity index (χ3n) is 4.26. The minimum absolute atomic E-state index is 0.0262. The van der Waals surface area contributed by atoms with Gasteiger partial charge < -0.3 is 9.64 Å². The van der Waals surface area contributed by atoms with Crippen molar-refractivity contribution in [2.45, 2.75) is 58.4 Å². The van der Waals surface area contributed by atoms with Gasteiger partial charge in [0.15, 0.2) is 0 Å². The summed E-state index contributed by atoms with van der Waals surface area (Å²) < 4.78 is 5.11. The predicted molar refractivity (Wildman–Crippen MR) is 74.5 cm³/mol. The first-order valence-corrected chi connectivity index (χ1v) is 7.36. The summed E-state index contributed by atoms with van der Waals surface area (Å²) in [5, 5.41) is 9.46. The lowest BCUT2D eigenvalue weighted by Gasteiger charge is -2.35. The number of methoxy groups -OCH3 is 1. The average molecular weight is 266 g/mol. The SMILES string of the molecule is CCC(CC)N(CCOC)C(=O)C1(C#N)CCCC1. The minimum atomic E-state index is -0.768. The van der Waals surface area contributed by atoms with Crippen molar-refractivity contribution in [3.8, 4) is 6.07 Å². The van der Waals surface area contributed by atoms with Gasteiger partial charge in [0.2, 0.25) is 5.91 Å². The van der Waals surface area contributed by atoms with Crippen LogP contribution in [0.3, 0.4) is 0 Å². The third-order valence-corrected chi connectivity index (χ3v) is 4.26. The molecule has 0 heterocycles. The summed E-state index contributed by atoms with van der Waals surface area (Å²) in [4.78, 5) is 14.7. The summed E-state index contributed by atoms with van der Waals surface area (Å²) >= 11 is 0. The van der Waals surface area contributed by atoms with E-state index in [2.05, 4.69) is 19.9 Å². The van der Waals surface area contributed by atoms with E-state index in [-0.39, 0.29) is 11.9 Å². The molecule has 1 saturated carbocycles. The van der Waals surface area contributed by atoms with Crippen LogP contribution < -0.4 is 0 Å². The Morgan fingerprint density at radius 2 is 1.95 bits per heavy atom. The van der Waals surface area contributed by atoms with Crippen LogP contribution >= 0.6 is 0 Å². The van der Waals surface area contributed by atoms with Crippen LogP contribution in [-0.2, 0) is 9.53 Å². The first-order valence-electron chi connectivity index (χ1n) is 7.36. The lowest BCUT2D eigenvalue weighted by Crippen LogP contribution is -2.48. The number of carbonyl (C=O) groups excluding carboxylic acids is 1. The second-order valence-corrected chi connectivity index (χ2v) is 5.36. The largest absolute Gasteiger partial charge is 0.383 e. The van der Waals surface area contributed by atoms with Gasteiger partial charge in [0.25, 0.3) is 0 Å². The van der Waals surface area contributed by atoms with Crippen LogP contribution in [-0.4, -0.2) is 37.1 Å². The summed E-state index contributed by atoms with van der Waals surface area (Å²) in [7, 11) is 1.64. The second-order valence-electron chi connectivity index (χ2n) is 5.36. The van der Waals surface area contributed by atoms with E-state index >= 15 is 0 Å². The van der Waals surface area contributed by atoms with E-state index in [1.807, 2.05) is 4.90 Å². The second kappa shape index (κ2) is 7.49. The van der Waals surface area contributed by atoms with Crippen molar-refractivity contribution in [1.82, 2.24) is 4.90 Å². The van der Waals surface area contributed by atoms with Crippen molar-refractivity contribution in [3.05, 3.63) is 0 Å². The zero-order valence-corrected chi connectivity index (χ0v) is 12.4. The van der Waals surface area contributed by atoms with Crippen LogP contribution in [0.25, 0.3) is 0 Å². The molecule has 0 N–H and O–H groups in total. The average Bonchev–Trinajstić information content (AvgIpc) is 2.93. The Bertz CT molecular complexity index is 326. The number of nitrogens with zero attached hydrogens (tertiary/aromatic N) is 2. The molecule has 0 saturated heterocycles. The summed E-state index contributed by atoms with van der Waals surface area (Å²) in [6, 6.07) is 2.52. The molecular weight excluding hydrogens is 240 g/mol. The standard InChI is InChI=1S/C15H26N2O2/c1-4-13(5-2)17(10-11-19-3)14(18)15(12-16)8-6-7-9-15/h13H,4-11H2,1-3H3. The molecule has 1 aliphatic carbocycles. The molecule has 1 rings (SSSR count). The first-order chi connectivity index (χ1) is 9.15. The molecule has 1 amide bonds. The van der Waals surface area contributed by atoms with Crippen molar-refractivity contribution in [2.75, 3.05) is 20.3 Å². The maximum absolute atomic E-state index is 12.8. The van der Waals surface area contributed by atoms with Gasteiger partial charge in [-0.3, -0.25) is 4.79 Å². The molecule has 0 aliphatic heterocycles. The summed E-state index contributed by atoms with van der Waals surface area (Å²) in [5.41, 5.74) is -0.768. The van der Waals surface area contributed by atoms with E-state index in [0.29, 0.717) is 26.0 Å². The van der Waals surface area contributed by atoms with Crippen molar-refractivity contribution >= 4 is 5.91 Å². The van der Waals surface area contributed by atoms with Crippen molar-refractivity contribution in [3.63, 3.8) is 0 Å². The summed E-state index contributed by atoms with van der Waals surface area (Å²) in [6.45, 7) is 5.30. The Kier molecular flexibility index (Phi) is 6.30. The molecule has 4 heteroatoms. The monoisotopic (exact) mass is 266 g/mol. The van der Waals surface area contributed by atoms with E-state index in [4.69, 9.17) is 4.74 Å². The van der Waals surface area contributed by atoms with Gasteiger partial charge in [-0.05, 0) is 25.7 Å². The molecule has 0 aromatic carbocycles. The fourth-order valence-corrected chi connectivity index (χ4v) is 3.00. The maximum Gasteiger partial charge on any atom is 0.243 e. The molecular formula is C15H26N2O2. The van der Waals surface area contributed by atoms with Gasteiger partial charge in [-0.1, -0.05) is 26.7 Å². The Hall–Kier alpha value is -1.08. The molecule has 0 spiro atoms. The van der Waals surface area contributed by atoms with Gasteiger partial charge in [-0.2, -0.15) is 5.26 Å². The van der Waals surface area contributed by atoms with Crippen LogP contribution in [0.1, 0.15) is 52.4 Å². The van der Waals surface area contributed by atoms with Crippen LogP contribution in [0.4, 0.5) is 0 Å². The number of ether oxygens (including phenoxy) is 1. The van der Waals surface area contributed by atoms with Crippen LogP contribution in [0.15, 0.2) is 0 Å². The zero-order chi connectivity index (χ0) is 14.3. The molecule has 0 radical (unpaired) electrons. The van der Waals surface area contributed by atoms with Crippen LogP contribution in [0.2, 0.25) is 0 Å². The number of amides is 1. The van der Waals surface area contributed by atoms with Gasteiger partial charge in [-0.25, -0.2) is 0 Å². The van der Waals surface area contributed by atoms with Crippen LogP contribution in [0, 0.1) is 16.7 Å². The topological polar surface area (TPSA) is 53.3 Å². The van der Waals surface area contributed by atoms with Crippen molar-refractivity contribution in [2.24, 2.45) is 5.41 Å². The molecule has 0 aromatic heterocycles. The Labute approximate surface area is 116 Å². The third kappa shape index (κ3) is 3.48. The zero-order valence-electron chi connectivity index (χ0n) is 12.4. The number of rotatable bonds is 7. The van der Waals surface area contributed by atoms with E-state index in [9.17, 15) is 10.1 Å². The lowest BCUT2D eigenvalue weighted by atomic mass is 9.85.